The van der Waals surface area contributed by atoms with Gasteiger partial charge in [-0.2, -0.15) is 69.5 Å². The number of hydrogen-bond acceptors (Lipinski definition) is 6. The third kappa shape index (κ3) is 7.96. The molecule has 0 aromatic carbocycles. The average Bonchev–Trinajstić information content (AvgIpc) is 2.26. The molecule has 0 fully saturated rings. The van der Waals surface area contributed by atoms with E-state index >= 15 is 0 Å². The molecule has 176 valence electrons. The molecule has 0 rings (SSSR count). The zero-order chi connectivity index (χ0) is 23.9. The Morgan fingerprint density at radius 3 is 1.17 bits per heavy atom. The van der Waals surface area contributed by atoms with E-state index in [1.165, 1.54) is 0 Å². The molecule has 0 saturated heterocycles. The average molecular weight is 504 g/mol. The van der Waals surface area contributed by atoms with Crippen LogP contribution in [0.2, 0.25) is 0 Å². The van der Waals surface area contributed by atoms with Crippen LogP contribution in [-0.4, -0.2) is 64.8 Å². The minimum atomic E-state index is -6.65. The molecule has 6 nitrogen and oxygen atoms in total. The standard InChI is InChI=1S/C9H8F12O6S2/c1-3(27-29(24,25)5(8(16,17)18)9(19,20)21)2-26-28(22,23)4(6(10,11)12)7(13,14)15/h3-5H,2H2,1H3. The fourth-order valence-electron chi connectivity index (χ4n) is 1.60. The summed E-state index contributed by atoms with van der Waals surface area (Å²) >= 11 is 0. The fourth-order valence-corrected chi connectivity index (χ4v) is 4.05. The Labute approximate surface area is 154 Å². The molecule has 0 aromatic heterocycles. The highest BCUT2D eigenvalue weighted by Gasteiger charge is 2.66. The maximum atomic E-state index is 12.3. The van der Waals surface area contributed by atoms with E-state index in [-0.39, 0.29) is 6.92 Å². The fraction of sp³-hybridized carbons (Fsp3) is 1.00. The lowest BCUT2D eigenvalue weighted by Crippen LogP contribution is -2.50. The molecule has 20 heteroatoms. The predicted molar refractivity (Wildman–Crippen MR) is 66.1 cm³/mol. The maximum absolute atomic E-state index is 12.3. The van der Waals surface area contributed by atoms with Crippen molar-refractivity contribution in [3.05, 3.63) is 0 Å². The van der Waals surface area contributed by atoms with Crippen molar-refractivity contribution in [1.82, 2.24) is 0 Å². The van der Waals surface area contributed by atoms with Gasteiger partial charge >= 0.3 is 24.7 Å². The summed E-state index contributed by atoms with van der Waals surface area (Å²) in [5, 5.41) is -10.2. The minimum Gasteiger partial charge on any atom is -0.267 e. The monoisotopic (exact) mass is 504 g/mol. The van der Waals surface area contributed by atoms with Crippen molar-refractivity contribution < 1.29 is 77.9 Å². The van der Waals surface area contributed by atoms with Gasteiger partial charge in [-0.25, -0.2) is 0 Å². The molecule has 0 N–H and O–H groups in total. The zero-order valence-corrected chi connectivity index (χ0v) is 14.9. The molecule has 0 aliphatic carbocycles. The van der Waals surface area contributed by atoms with Crippen molar-refractivity contribution in [2.75, 3.05) is 6.61 Å². The number of rotatable bonds is 7. The third-order valence-corrected chi connectivity index (χ3v) is 5.82. The summed E-state index contributed by atoms with van der Waals surface area (Å²) in [6.07, 6.45) is -28.5. The largest absolute Gasteiger partial charge is 0.416 e. The molecule has 0 aliphatic rings. The van der Waals surface area contributed by atoms with Crippen LogP contribution >= 0.6 is 0 Å². The van der Waals surface area contributed by atoms with E-state index in [0.29, 0.717) is 0 Å². The van der Waals surface area contributed by atoms with Crippen molar-refractivity contribution >= 4 is 20.2 Å². The van der Waals surface area contributed by atoms with Crippen molar-refractivity contribution in [1.29, 1.82) is 0 Å². The van der Waals surface area contributed by atoms with Crippen LogP contribution in [0.1, 0.15) is 6.92 Å². The van der Waals surface area contributed by atoms with Crippen molar-refractivity contribution in [2.45, 2.75) is 48.2 Å². The number of alkyl halides is 12. The van der Waals surface area contributed by atoms with Crippen molar-refractivity contribution in [3.63, 3.8) is 0 Å². The van der Waals surface area contributed by atoms with Gasteiger partial charge in [0.15, 0.2) is 0 Å². The molecule has 0 aromatic rings. The molecular weight excluding hydrogens is 496 g/mol. The highest BCUT2D eigenvalue weighted by atomic mass is 32.2. The lowest BCUT2D eigenvalue weighted by molar-refractivity contribution is -0.230. The third-order valence-electron chi connectivity index (χ3n) is 2.53. The summed E-state index contributed by atoms with van der Waals surface area (Å²) in [6, 6.07) is 0. The molecule has 0 saturated carbocycles. The van der Waals surface area contributed by atoms with E-state index in [2.05, 4.69) is 8.37 Å². The highest BCUT2D eigenvalue weighted by Crippen LogP contribution is 2.40. The second kappa shape index (κ2) is 8.25. The highest BCUT2D eigenvalue weighted by molar-refractivity contribution is 7.87. The van der Waals surface area contributed by atoms with Gasteiger partial charge in [0.05, 0.1) is 12.7 Å². The van der Waals surface area contributed by atoms with Gasteiger partial charge in [0.2, 0.25) is 0 Å². The smallest absolute Gasteiger partial charge is 0.267 e. The molecule has 1 atom stereocenters. The van der Waals surface area contributed by atoms with E-state index in [0.717, 1.165) is 0 Å². The van der Waals surface area contributed by atoms with E-state index in [1.807, 2.05) is 0 Å². The van der Waals surface area contributed by atoms with Gasteiger partial charge in [-0.3, -0.25) is 8.37 Å². The van der Waals surface area contributed by atoms with E-state index in [4.69, 9.17) is 0 Å². The quantitative estimate of drug-likeness (QED) is 0.392. The molecule has 0 spiro atoms. The number of hydrogen-bond donors (Lipinski definition) is 0. The Balaban J connectivity index is 5.55. The van der Waals surface area contributed by atoms with Gasteiger partial charge in [0, 0.05) is 0 Å². The van der Waals surface area contributed by atoms with Crippen LogP contribution in [0.15, 0.2) is 0 Å². The van der Waals surface area contributed by atoms with Crippen molar-refractivity contribution in [2.24, 2.45) is 0 Å². The lowest BCUT2D eigenvalue weighted by atomic mass is 10.4. The van der Waals surface area contributed by atoms with Gasteiger partial charge in [-0.15, -0.1) is 0 Å². The summed E-state index contributed by atoms with van der Waals surface area (Å²) < 4.78 is 199. The van der Waals surface area contributed by atoms with Crippen LogP contribution in [0.3, 0.4) is 0 Å². The van der Waals surface area contributed by atoms with Crippen LogP contribution in [0.5, 0.6) is 0 Å². The summed E-state index contributed by atoms with van der Waals surface area (Å²) in [6.45, 7) is -1.88. The molecular formula is C9H8F12O6S2. The second-order valence-electron chi connectivity index (χ2n) is 5.10. The van der Waals surface area contributed by atoms with Crippen LogP contribution in [0, 0.1) is 0 Å². The molecule has 0 amide bonds. The maximum Gasteiger partial charge on any atom is 0.416 e. The summed E-state index contributed by atoms with van der Waals surface area (Å²) in [5.41, 5.74) is 0. The van der Waals surface area contributed by atoms with Gasteiger partial charge in [0.25, 0.3) is 30.7 Å². The van der Waals surface area contributed by atoms with E-state index in [9.17, 15) is 69.5 Å². The Kier molecular flexibility index (Phi) is 7.96. The topological polar surface area (TPSA) is 86.7 Å². The first-order valence-corrected chi connectivity index (χ1v) is 9.35. The molecule has 29 heavy (non-hydrogen) atoms. The van der Waals surface area contributed by atoms with E-state index in [1.54, 1.807) is 0 Å². The Hall–Kier alpha value is -1.02. The summed E-state index contributed by atoms with van der Waals surface area (Å²) in [4.78, 5) is 0. The first-order valence-electron chi connectivity index (χ1n) is 6.40. The number of halogens is 12. The Morgan fingerprint density at radius 1 is 0.621 bits per heavy atom. The molecule has 0 heterocycles. The predicted octanol–water partition coefficient (Wildman–Crippen LogP) is 3.05. The van der Waals surface area contributed by atoms with Gasteiger partial charge in [-0.1, -0.05) is 0 Å². The van der Waals surface area contributed by atoms with Crippen molar-refractivity contribution in [3.8, 4) is 0 Å². The SMILES string of the molecule is CC(COS(=O)(=O)C(C(F)(F)F)C(F)(F)F)OS(=O)(=O)C(C(F)(F)F)C(F)(F)F. The molecule has 0 bridgehead atoms. The Morgan fingerprint density at radius 2 is 0.897 bits per heavy atom. The summed E-state index contributed by atoms with van der Waals surface area (Å²) in [7, 11) is -13.3. The van der Waals surface area contributed by atoms with Crippen LogP contribution in [0.25, 0.3) is 0 Å². The second-order valence-corrected chi connectivity index (χ2v) is 8.45. The molecule has 1 unspecified atom stereocenters. The minimum absolute atomic E-state index is 0.215. The Bertz CT molecular complexity index is 732. The van der Waals surface area contributed by atoms with Gasteiger partial charge in [-0.05, 0) is 6.92 Å². The zero-order valence-electron chi connectivity index (χ0n) is 13.2. The molecule has 0 radical (unpaired) electrons. The normalized spacial score (nSPS) is 16.5. The molecule has 0 aliphatic heterocycles. The first-order chi connectivity index (χ1) is 12.3. The first kappa shape index (κ1) is 28.0. The van der Waals surface area contributed by atoms with Crippen LogP contribution < -0.4 is 0 Å². The summed E-state index contributed by atoms with van der Waals surface area (Å²) in [5.74, 6) is 0. The van der Waals surface area contributed by atoms with Gasteiger partial charge in [0.1, 0.15) is 0 Å². The van der Waals surface area contributed by atoms with E-state index < -0.39 is 68.2 Å². The van der Waals surface area contributed by atoms with Gasteiger partial charge < -0.3 is 0 Å². The lowest BCUT2D eigenvalue weighted by Gasteiger charge is -2.25. The van der Waals surface area contributed by atoms with Crippen LogP contribution in [-0.2, 0) is 28.6 Å². The van der Waals surface area contributed by atoms with Crippen LogP contribution in [0.4, 0.5) is 52.7 Å².